The fourth-order valence-corrected chi connectivity index (χ4v) is 1.49. The Hall–Kier alpha value is -0.830. The minimum Gasteiger partial charge on any atom is -0.345 e. The molecule has 0 unspecified atom stereocenters. The molecular weight excluding hydrogens is 158 g/mol. The summed E-state index contributed by atoms with van der Waals surface area (Å²) < 4.78 is 0. The number of rotatable bonds is 1. The van der Waals surface area contributed by atoms with Crippen LogP contribution >= 0.6 is 11.3 Å². The third-order valence-electron chi connectivity index (χ3n) is 1.38. The molecule has 0 N–H and O–H groups in total. The number of nitrogens with zero attached hydrogens (tertiary/aromatic N) is 1. The highest BCUT2D eigenvalue weighted by Crippen LogP contribution is 2.13. The lowest BCUT2D eigenvalue weighted by Gasteiger charge is -2.07. The van der Waals surface area contributed by atoms with E-state index in [1.54, 1.807) is 30.3 Å². The first-order chi connectivity index (χ1) is 5.11. The van der Waals surface area contributed by atoms with Gasteiger partial charge in [-0.15, -0.1) is 11.3 Å². The van der Waals surface area contributed by atoms with E-state index >= 15 is 0 Å². The zero-order valence-electron chi connectivity index (χ0n) is 6.92. The molecule has 0 aliphatic rings. The van der Waals surface area contributed by atoms with Crippen LogP contribution in [0.25, 0.3) is 0 Å². The lowest BCUT2D eigenvalue weighted by atomic mass is 10.3. The topological polar surface area (TPSA) is 20.3 Å². The molecule has 0 aliphatic heterocycles. The Morgan fingerprint density at radius 3 is 2.55 bits per heavy atom. The summed E-state index contributed by atoms with van der Waals surface area (Å²) >= 11 is 1.60. The monoisotopic (exact) mass is 169 g/mol. The molecule has 0 aromatic carbocycles. The SMILES string of the molecule is Cc1cc(C(=O)N(C)C)cs1. The average Bonchev–Trinajstić information content (AvgIpc) is 2.34. The predicted octanol–water partition coefficient (Wildman–Crippen LogP) is 1.76. The van der Waals surface area contributed by atoms with Crippen molar-refractivity contribution in [2.75, 3.05) is 14.1 Å². The van der Waals surface area contributed by atoms with Crippen LogP contribution in [0.4, 0.5) is 0 Å². The van der Waals surface area contributed by atoms with Gasteiger partial charge in [0.2, 0.25) is 0 Å². The molecule has 0 bridgehead atoms. The van der Waals surface area contributed by atoms with Crippen LogP contribution in [0.1, 0.15) is 15.2 Å². The molecule has 1 aromatic heterocycles. The van der Waals surface area contributed by atoms with Gasteiger partial charge in [0.15, 0.2) is 0 Å². The van der Waals surface area contributed by atoms with Crippen molar-refractivity contribution >= 4 is 17.2 Å². The van der Waals surface area contributed by atoms with E-state index in [1.165, 1.54) is 4.88 Å². The number of carbonyl (C=O) groups excluding carboxylic acids is 1. The number of hydrogen-bond donors (Lipinski definition) is 0. The standard InChI is InChI=1S/C8H11NOS/c1-6-4-7(5-11-6)8(10)9(2)3/h4-5H,1-3H3. The van der Waals surface area contributed by atoms with Gasteiger partial charge in [-0.3, -0.25) is 4.79 Å². The summed E-state index contributed by atoms with van der Waals surface area (Å²) in [4.78, 5) is 14.1. The summed E-state index contributed by atoms with van der Waals surface area (Å²) in [7, 11) is 3.52. The van der Waals surface area contributed by atoms with Crippen LogP contribution in [0.15, 0.2) is 11.4 Å². The molecule has 0 saturated carbocycles. The molecule has 0 fully saturated rings. The van der Waals surface area contributed by atoms with E-state index in [1.807, 2.05) is 18.4 Å². The minimum absolute atomic E-state index is 0.0781. The van der Waals surface area contributed by atoms with Crippen LogP contribution in [0.2, 0.25) is 0 Å². The number of thiophene rings is 1. The first kappa shape index (κ1) is 8.27. The Balaban J connectivity index is 2.85. The first-order valence-electron chi connectivity index (χ1n) is 3.38. The fraction of sp³-hybridized carbons (Fsp3) is 0.375. The van der Waals surface area contributed by atoms with Gasteiger partial charge < -0.3 is 4.90 Å². The van der Waals surface area contributed by atoms with Gasteiger partial charge in [-0.1, -0.05) is 0 Å². The smallest absolute Gasteiger partial charge is 0.254 e. The molecule has 0 aliphatic carbocycles. The third-order valence-corrected chi connectivity index (χ3v) is 2.25. The number of amides is 1. The first-order valence-corrected chi connectivity index (χ1v) is 4.26. The zero-order chi connectivity index (χ0) is 8.43. The van der Waals surface area contributed by atoms with Gasteiger partial charge in [0.05, 0.1) is 5.56 Å². The molecule has 0 saturated heterocycles. The summed E-state index contributed by atoms with van der Waals surface area (Å²) in [5.41, 5.74) is 0.789. The van der Waals surface area contributed by atoms with Crippen molar-refractivity contribution in [2.24, 2.45) is 0 Å². The van der Waals surface area contributed by atoms with Gasteiger partial charge in [-0.2, -0.15) is 0 Å². The molecule has 0 radical (unpaired) electrons. The van der Waals surface area contributed by atoms with Crippen LogP contribution in [-0.2, 0) is 0 Å². The van der Waals surface area contributed by atoms with Crippen LogP contribution < -0.4 is 0 Å². The number of hydrogen-bond acceptors (Lipinski definition) is 2. The van der Waals surface area contributed by atoms with Gasteiger partial charge in [-0.25, -0.2) is 0 Å². The average molecular weight is 169 g/mol. The molecule has 2 nitrogen and oxygen atoms in total. The normalized spacial score (nSPS) is 9.73. The lowest BCUT2D eigenvalue weighted by Crippen LogP contribution is -2.20. The highest BCUT2D eigenvalue weighted by atomic mass is 32.1. The largest absolute Gasteiger partial charge is 0.345 e. The Kier molecular flexibility index (Phi) is 2.29. The second kappa shape index (κ2) is 3.05. The van der Waals surface area contributed by atoms with Crippen LogP contribution in [0.3, 0.4) is 0 Å². The summed E-state index contributed by atoms with van der Waals surface area (Å²) in [5.74, 6) is 0.0781. The fourth-order valence-electron chi connectivity index (χ4n) is 0.814. The summed E-state index contributed by atoms with van der Waals surface area (Å²) in [6, 6.07) is 1.91. The predicted molar refractivity (Wildman–Crippen MR) is 47.1 cm³/mol. The summed E-state index contributed by atoms with van der Waals surface area (Å²) in [6.45, 7) is 2.00. The van der Waals surface area contributed by atoms with E-state index in [0.29, 0.717) is 0 Å². The Morgan fingerprint density at radius 2 is 2.18 bits per heavy atom. The van der Waals surface area contributed by atoms with Gasteiger partial charge in [-0.05, 0) is 13.0 Å². The molecule has 1 heterocycles. The number of carbonyl (C=O) groups is 1. The molecule has 3 heteroatoms. The maximum atomic E-state index is 11.3. The van der Waals surface area contributed by atoms with E-state index in [9.17, 15) is 4.79 Å². The molecule has 1 amide bonds. The van der Waals surface area contributed by atoms with E-state index in [4.69, 9.17) is 0 Å². The molecule has 1 rings (SSSR count). The van der Waals surface area contributed by atoms with Crippen molar-refractivity contribution in [1.82, 2.24) is 4.90 Å². The Morgan fingerprint density at radius 1 is 1.55 bits per heavy atom. The summed E-state index contributed by atoms with van der Waals surface area (Å²) in [5, 5.41) is 1.89. The number of aryl methyl sites for hydroxylation is 1. The minimum atomic E-state index is 0.0781. The maximum absolute atomic E-state index is 11.3. The van der Waals surface area contributed by atoms with Gasteiger partial charge in [0.25, 0.3) is 5.91 Å². The molecular formula is C8H11NOS. The van der Waals surface area contributed by atoms with Crippen molar-refractivity contribution < 1.29 is 4.79 Å². The van der Waals surface area contributed by atoms with Gasteiger partial charge in [0, 0.05) is 24.4 Å². The zero-order valence-corrected chi connectivity index (χ0v) is 7.73. The molecule has 1 aromatic rings. The molecule has 0 spiro atoms. The molecule has 60 valence electrons. The van der Waals surface area contributed by atoms with E-state index in [0.717, 1.165) is 5.56 Å². The van der Waals surface area contributed by atoms with Gasteiger partial charge in [0.1, 0.15) is 0 Å². The van der Waals surface area contributed by atoms with Crippen molar-refractivity contribution in [3.63, 3.8) is 0 Å². The van der Waals surface area contributed by atoms with E-state index < -0.39 is 0 Å². The quantitative estimate of drug-likeness (QED) is 0.627. The highest BCUT2D eigenvalue weighted by Gasteiger charge is 2.08. The van der Waals surface area contributed by atoms with E-state index in [2.05, 4.69) is 0 Å². The third kappa shape index (κ3) is 1.80. The van der Waals surface area contributed by atoms with Crippen LogP contribution in [0.5, 0.6) is 0 Å². The van der Waals surface area contributed by atoms with Crippen molar-refractivity contribution in [2.45, 2.75) is 6.92 Å². The van der Waals surface area contributed by atoms with Crippen molar-refractivity contribution in [1.29, 1.82) is 0 Å². The van der Waals surface area contributed by atoms with Crippen LogP contribution in [-0.4, -0.2) is 24.9 Å². The van der Waals surface area contributed by atoms with Crippen molar-refractivity contribution in [3.05, 3.63) is 21.9 Å². The van der Waals surface area contributed by atoms with Crippen LogP contribution in [0, 0.1) is 6.92 Å². The summed E-state index contributed by atoms with van der Waals surface area (Å²) in [6.07, 6.45) is 0. The van der Waals surface area contributed by atoms with Crippen molar-refractivity contribution in [3.8, 4) is 0 Å². The molecule has 11 heavy (non-hydrogen) atoms. The van der Waals surface area contributed by atoms with Gasteiger partial charge >= 0.3 is 0 Å². The molecule has 0 atom stereocenters. The lowest BCUT2D eigenvalue weighted by molar-refractivity contribution is 0.0828. The Bertz CT molecular complexity index is 265. The Labute approximate surface area is 70.5 Å². The second-order valence-corrected chi connectivity index (χ2v) is 3.76. The maximum Gasteiger partial charge on any atom is 0.254 e. The highest BCUT2D eigenvalue weighted by molar-refractivity contribution is 7.10. The second-order valence-electron chi connectivity index (χ2n) is 2.65. The van der Waals surface area contributed by atoms with E-state index in [-0.39, 0.29) is 5.91 Å².